The number of nitrogens with zero attached hydrogens (tertiary/aromatic N) is 4. The van der Waals surface area contributed by atoms with Crippen LogP contribution in [0.15, 0.2) is 33.0 Å². The molecule has 0 saturated heterocycles. The molecular formula is C17H14Cl3N5O2S2. The van der Waals surface area contributed by atoms with Crippen LogP contribution in [0, 0.1) is 13.8 Å². The topological polar surface area (TPSA) is 93.8 Å². The summed E-state index contributed by atoms with van der Waals surface area (Å²) >= 11 is 20.4. The lowest BCUT2D eigenvalue weighted by molar-refractivity contribution is -0.113. The summed E-state index contributed by atoms with van der Waals surface area (Å²) in [6.45, 7) is 3.83. The Balaban J connectivity index is 1.51. The van der Waals surface area contributed by atoms with Gasteiger partial charge in [0.25, 0.3) is 5.22 Å². The molecule has 0 aliphatic carbocycles. The molecule has 3 aromatic rings. The molecule has 0 fully saturated rings. The van der Waals surface area contributed by atoms with Crippen LogP contribution in [-0.2, 0) is 10.5 Å². The number of halogens is 3. The van der Waals surface area contributed by atoms with Gasteiger partial charge in [0.1, 0.15) is 0 Å². The van der Waals surface area contributed by atoms with Gasteiger partial charge in [-0.05, 0) is 32.0 Å². The van der Waals surface area contributed by atoms with E-state index in [1.54, 1.807) is 0 Å². The molecule has 0 saturated carbocycles. The molecule has 7 nitrogen and oxygen atoms in total. The first-order valence-corrected chi connectivity index (χ1v) is 11.3. The largest absolute Gasteiger partial charge is 0.415 e. The van der Waals surface area contributed by atoms with Crippen LogP contribution in [-0.4, -0.2) is 31.8 Å². The van der Waals surface area contributed by atoms with Gasteiger partial charge < -0.3 is 9.73 Å². The molecule has 29 heavy (non-hydrogen) atoms. The van der Waals surface area contributed by atoms with E-state index in [0.717, 1.165) is 23.1 Å². The van der Waals surface area contributed by atoms with Gasteiger partial charge in [-0.15, -0.1) is 10.2 Å². The van der Waals surface area contributed by atoms with E-state index >= 15 is 0 Å². The molecule has 1 aromatic carbocycles. The van der Waals surface area contributed by atoms with E-state index in [9.17, 15) is 4.79 Å². The highest BCUT2D eigenvalue weighted by atomic mass is 35.5. The molecule has 0 aliphatic heterocycles. The Morgan fingerprint density at radius 2 is 1.69 bits per heavy atom. The number of hydrogen-bond acceptors (Lipinski definition) is 8. The van der Waals surface area contributed by atoms with Crippen molar-refractivity contribution in [3.8, 4) is 0 Å². The van der Waals surface area contributed by atoms with Gasteiger partial charge in [-0.2, -0.15) is 0 Å². The quantitative estimate of drug-likeness (QED) is 0.265. The van der Waals surface area contributed by atoms with Crippen molar-refractivity contribution in [2.75, 3.05) is 11.1 Å². The zero-order valence-corrected chi connectivity index (χ0v) is 19.1. The second kappa shape index (κ2) is 9.99. The van der Waals surface area contributed by atoms with Crippen molar-refractivity contribution in [3.63, 3.8) is 0 Å². The minimum absolute atomic E-state index is 0.0610. The van der Waals surface area contributed by atoms with Gasteiger partial charge in [-0.1, -0.05) is 58.3 Å². The van der Waals surface area contributed by atoms with Gasteiger partial charge in [-0.25, -0.2) is 9.97 Å². The monoisotopic (exact) mass is 489 g/mol. The highest BCUT2D eigenvalue weighted by Gasteiger charge is 2.13. The van der Waals surface area contributed by atoms with Gasteiger partial charge in [0.15, 0.2) is 5.16 Å². The predicted molar refractivity (Wildman–Crippen MR) is 116 cm³/mol. The third-order valence-corrected chi connectivity index (χ3v) is 6.03. The van der Waals surface area contributed by atoms with Crippen molar-refractivity contribution in [2.45, 2.75) is 30.0 Å². The van der Waals surface area contributed by atoms with Gasteiger partial charge >= 0.3 is 0 Å². The van der Waals surface area contributed by atoms with E-state index in [2.05, 4.69) is 25.5 Å². The molecule has 0 spiro atoms. The SMILES string of the molecule is Cc1cc(C)nc(SCc2nnc(SCC(=O)Nc3cc(Cl)c(Cl)cc3Cl)o2)n1. The Kier molecular flexibility index (Phi) is 7.64. The maximum absolute atomic E-state index is 12.1. The number of anilines is 1. The average Bonchev–Trinajstić information content (AvgIpc) is 3.10. The van der Waals surface area contributed by atoms with Crippen LogP contribution >= 0.6 is 58.3 Å². The second-order valence-corrected chi connectivity index (χ2v) is 8.86. The van der Waals surface area contributed by atoms with Gasteiger partial charge in [0.05, 0.1) is 32.3 Å². The van der Waals surface area contributed by atoms with Gasteiger partial charge in [-0.3, -0.25) is 4.79 Å². The summed E-state index contributed by atoms with van der Waals surface area (Å²) in [4.78, 5) is 20.8. The smallest absolute Gasteiger partial charge is 0.277 e. The Labute approximate surface area is 190 Å². The summed E-state index contributed by atoms with van der Waals surface area (Å²) in [5.41, 5.74) is 2.17. The number of thioether (sulfide) groups is 2. The van der Waals surface area contributed by atoms with E-state index in [1.165, 1.54) is 23.9 Å². The summed E-state index contributed by atoms with van der Waals surface area (Å²) in [6.07, 6.45) is 0. The molecule has 12 heteroatoms. The number of aromatic nitrogens is 4. The number of benzene rings is 1. The number of carbonyl (C=O) groups is 1. The van der Waals surface area contributed by atoms with Crippen LogP contribution in [0.4, 0.5) is 5.69 Å². The number of nitrogens with one attached hydrogen (secondary N) is 1. The van der Waals surface area contributed by atoms with E-state index in [0.29, 0.717) is 37.6 Å². The maximum atomic E-state index is 12.1. The molecule has 2 heterocycles. The van der Waals surface area contributed by atoms with Crippen LogP contribution in [0.3, 0.4) is 0 Å². The average molecular weight is 491 g/mol. The van der Waals surface area contributed by atoms with Crippen LogP contribution < -0.4 is 5.32 Å². The normalized spacial score (nSPS) is 10.9. The van der Waals surface area contributed by atoms with Crippen molar-refractivity contribution in [2.24, 2.45) is 0 Å². The molecule has 3 rings (SSSR count). The third-order valence-electron chi connectivity index (χ3n) is 3.35. The zero-order valence-electron chi connectivity index (χ0n) is 15.2. The Hall–Kier alpha value is -1.52. The number of hydrogen-bond donors (Lipinski definition) is 1. The molecular weight excluding hydrogens is 477 g/mol. The summed E-state index contributed by atoms with van der Waals surface area (Å²) in [5, 5.41) is 12.4. The predicted octanol–water partition coefficient (Wildman–Crippen LogP) is 5.46. The summed E-state index contributed by atoms with van der Waals surface area (Å²) in [7, 11) is 0. The molecule has 0 radical (unpaired) electrons. The Morgan fingerprint density at radius 1 is 1.00 bits per heavy atom. The Bertz CT molecular complexity index is 1030. The van der Waals surface area contributed by atoms with E-state index in [-0.39, 0.29) is 16.9 Å². The fourth-order valence-corrected chi connectivity index (χ4v) is 4.13. The number of rotatable bonds is 7. The van der Waals surface area contributed by atoms with Crippen molar-refractivity contribution in [1.29, 1.82) is 0 Å². The van der Waals surface area contributed by atoms with Crippen LogP contribution in [0.1, 0.15) is 17.3 Å². The highest BCUT2D eigenvalue weighted by molar-refractivity contribution is 7.99. The molecule has 0 unspecified atom stereocenters. The Morgan fingerprint density at radius 3 is 2.41 bits per heavy atom. The lowest BCUT2D eigenvalue weighted by Crippen LogP contribution is -2.14. The van der Waals surface area contributed by atoms with E-state index < -0.39 is 0 Å². The first-order chi connectivity index (χ1) is 13.8. The molecule has 0 aliphatic rings. The third kappa shape index (κ3) is 6.48. The molecule has 2 aromatic heterocycles. The van der Waals surface area contributed by atoms with E-state index in [1.807, 2.05) is 19.9 Å². The summed E-state index contributed by atoms with van der Waals surface area (Å²) in [5.74, 6) is 0.619. The fraction of sp³-hybridized carbons (Fsp3) is 0.235. The summed E-state index contributed by atoms with van der Waals surface area (Å²) in [6, 6.07) is 4.86. The van der Waals surface area contributed by atoms with Crippen LogP contribution in [0.2, 0.25) is 15.1 Å². The highest BCUT2D eigenvalue weighted by Crippen LogP contribution is 2.32. The van der Waals surface area contributed by atoms with Gasteiger partial charge in [0.2, 0.25) is 11.8 Å². The molecule has 0 atom stereocenters. The lowest BCUT2D eigenvalue weighted by atomic mass is 10.3. The molecule has 1 N–H and O–H groups in total. The van der Waals surface area contributed by atoms with Gasteiger partial charge in [0, 0.05) is 11.4 Å². The molecule has 0 bridgehead atoms. The number of aryl methyl sites for hydroxylation is 2. The molecule has 152 valence electrons. The first-order valence-electron chi connectivity index (χ1n) is 8.15. The van der Waals surface area contributed by atoms with Crippen molar-refractivity contribution in [1.82, 2.24) is 20.2 Å². The second-order valence-electron chi connectivity index (χ2n) is 5.77. The van der Waals surface area contributed by atoms with Crippen LogP contribution in [0.5, 0.6) is 0 Å². The molecule has 1 amide bonds. The minimum Gasteiger partial charge on any atom is -0.415 e. The lowest BCUT2D eigenvalue weighted by Gasteiger charge is -2.07. The minimum atomic E-state index is -0.298. The van der Waals surface area contributed by atoms with Crippen molar-refractivity contribution in [3.05, 3.63) is 50.5 Å². The zero-order chi connectivity index (χ0) is 21.0. The maximum Gasteiger partial charge on any atom is 0.277 e. The van der Waals surface area contributed by atoms with Crippen molar-refractivity contribution >= 4 is 69.9 Å². The van der Waals surface area contributed by atoms with Crippen LogP contribution in [0.25, 0.3) is 0 Å². The summed E-state index contributed by atoms with van der Waals surface area (Å²) < 4.78 is 5.54. The number of carbonyl (C=O) groups excluding carboxylic acids is 1. The van der Waals surface area contributed by atoms with E-state index in [4.69, 9.17) is 39.2 Å². The number of amides is 1. The first kappa shape index (κ1) is 22.2. The fourth-order valence-electron chi connectivity index (χ4n) is 2.17. The van der Waals surface area contributed by atoms with Crippen molar-refractivity contribution < 1.29 is 9.21 Å². The standard InChI is InChI=1S/C17H14Cl3N5O2S2/c1-8-3-9(2)22-16(21-8)28-7-15-24-25-17(27-15)29-6-14(26)23-13-5-11(19)10(18)4-12(13)20/h3-5H,6-7H2,1-2H3,(H,23,26).